The fourth-order valence-electron chi connectivity index (χ4n) is 1.10. The van der Waals surface area contributed by atoms with Crippen molar-refractivity contribution in [3.8, 4) is 11.5 Å². The van der Waals surface area contributed by atoms with Crippen LogP contribution in [0, 0.1) is 0 Å². The highest BCUT2D eigenvalue weighted by Gasteiger charge is 2.11. The molecule has 0 aromatic heterocycles. The van der Waals surface area contributed by atoms with E-state index in [4.69, 9.17) is 4.74 Å². The summed E-state index contributed by atoms with van der Waals surface area (Å²) in [5.41, 5.74) is 0.0988. The Hall–Kier alpha value is -1.47. The molecule has 1 rings (SSSR count). The molecule has 1 aromatic carbocycles. The average molecular weight is 246 g/mol. The SMILES string of the molecule is CCNS(=O)(=O)Nc1ccc(OC)cc1O. The number of hydrogen-bond acceptors (Lipinski definition) is 4. The number of rotatable bonds is 5. The standard InChI is InChI=1S/C9H14N2O4S/c1-3-10-16(13,14)11-8-5-4-7(15-2)6-9(8)12/h4-6,10-12H,3H2,1-2H3. The van der Waals surface area contributed by atoms with Crippen LogP contribution in [0.5, 0.6) is 11.5 Å². The summed E-state index contributed by atoms with van der Waals surface area (Å²) >= 11 is 0. The molecule has 6 nitrogen and oxygen atoms in total. The third-order valence-corrected chi connectivity index (χ3v) is 2.94. The van der Waals surface area contributed by atoms with Gasteiger partial charge in [0.25, 0.3) is 10.2 Å². The number of aromatic hydroxyl groups is 1. The Balaban J connectivity index is 2.90. The fourth-order valence-corrected chi connectivity index (χ4v) is 2.01. The molecule has 7 heteroatoms. The summed E-state index contributed by atoms with van der Waals surface area (Å²) in [6, 6.07) is 4.29. The van der Waals surface area contributed by atoms with Crippen molar-refractivity contribution < 1.29 is 18.3 Å². The number of ether oxygens (including phenoxy) is 1. The van der Waals surface area contributed by atoms with Crippen molar-refractivity contribution in [1.82, 2.24) is 4.72 Å². The second kappa shape index (κ2) is 5.04. The molecule has 90 valence electrons. The van der Waals surface area contributed by atoms with Gasteiger partial charge in [-0.15, -0.1) is 0 Å². The number of hydrogen-bond donors (Lipinski definition) is 3. The van der Waals surface area contributed by atoms with Crippen molar-refractivity contribution in [1.29, 1.82) is 0 Å². The highest BCUT2D eigenvalue weighted by atomic mass is 32.2. The van der Waals surface area contributed by atoms with Gasteiger partial charge in [0, 0.05) is 12.6 Å². The lowest BCUT2D eigenvalue weighted by Gasteiger charge is -2.10. The molecule has 0 aliphatic heterocycles. The summed E-state index contributed by atoms with van der Waals surface area (Å²) < 4.78 is 32.0. The van der Waals surface area contributed by atoms with Crippen LogP contribution in [0.4, 0.5) is 5.69 Å². The van der Waals surface area contributed by atoms with Crippen LogP contribution < -0.4 is 14.2 Å². The van der Waals surface area contributed by atoms with Crippen LogP contribution in [0.3, 0.4) is 0 Å². The zero-order valence-corrected chi connectivity index (χ0v) is 9.84. The Kier molecular flexibility index (Phi) is 3.97. The zero-order chi connectivity index (χ0) is 12.2. The van der Waals surface area contributed by atoms with Crippen LogP contribution in [-0.2, 0) is 10.2 Å². The van der Waals surface area contributed by atoms with E-state index in [0.29, 0.717) is 5.75 Å². The van der Waals surface area contributed by atoms with Crippen LogP contribution in [0.1, 0.15) is 6.92 Å². The number of methoxy groups -OCH3 is 1. The number of phenolic OH excluding ortho intramolecular Hbond substituents is 1. The molecule has 3 N–H and O–H groups in total. The minimum Gasteiger partial charge on any atom is -0.506 e. The van der Waals surface area contributed by atoms with E-state index in [1.165, 1.54) is 19.2 Å². The second-order valence-electron chi connectivity index (χ2n) is 2.99. The van der Waals surface area contributed by atoms with Crippen LogP contribution in [0.25, 0.3) is 0 Å². The average Bonchev–Trinajstić information content (AvgIpc) is 2.20. The van der Waals surface area contributed by atoms with Gasteiger partial charge in [0.2, 0.25) is 0 Å². The largest absolute Gasteiger partial charge is 0.506 e. The molecule has 0 aliphatic carbocycles. The van der Waals surface area contributed by atoms with Gasteiger partial charge in [-0.1, -0.05) is 6.92 Å². The van der Waals surface area contributed by atoms with E-state index in [0.717, 1.165) is 0 Å². The highest BCUT2D eigenvalue weighted by Crippen LogP contribution is 2.28. The Labute approximate surface area is 94.4 Å². The number of nitrogens with one attached hydrogen (secondary N) is 2. The zero-order valence-electron chi connectivity index (χ0n) is 9.02. The first-order valence-electron chi connectivity index (χ1n) is 4.63. The van der Waals surface area contributed by atoms with Crippen molar-refractivity contribution >= 4 is 15.9 Å². The van der Waals surface area contributed by atoms with Gasteiger partial charge in [-0.3, -0.25) is 4.72 Å². The molecule has 0 spiro atoms. The lowest BCUT2D eigenvalue weighted by molar-refractivity contribution is 0.408. The molecule has 0 amide bonds. The molecule has 0 saturated heterocycles. The second-order valence-corrected chi connectivity index (χ2v) is 4.49. The normalized spacial score (nSPS) is 11.1. The Morgan fingerprint density at radius 2 is 2.12 bits per heavy atom. The lowest BCUT2D eigenvalue weighted by atomic mass is 10.3. The van der Waals surface area contributed by atoms with Crippen molar-refractivity contribution in [3.63, 3.8) is 0 Å². The van der Waals surface area contributed by atoms with Gasteiger partial charge in [-0.05, 0) is 12.1 Å². The van der Waals surface area contributed by atoms with Crippen LogP contribution in [-0.4, -0.2) is 27.2 Å². The van der Waals surface area contributed by atoms with E-state index < -0.39 is 10.2 Å². The molecule has 0 radical (unpaired) electrons. The van der Waals surface area contributed by atoms with Crippen LogP contribution in [0.2, 0.25) is 0 Å². The van der Waals surface area contributed by atoms with Gasteiger partial charge < -0.3 is 9.84 Å². The Bertz CT molecular complexity index is 459. The summed E-state index contributed by atoms with van der Waals surface area (Å²) in [6.45, 7) is 1.93. The molecule has 0 saturated carbocycles. The lowest BCUT2D eigenvalue weighted by Crippen LogP contribution is -2.29. The van der Waals surface area contributed by atoms with E-state index in [1.807, 2.05) is 0 Å². The van der Waals surface area contributed by atoms with E-state index in [2.05, 4.69) is 9.44 Å². The summed E-state index contributed by atoms with van der Waals surface area (Å²) in [4.78, 5) is 0. The third-order valence-electron chi connectivity index (χ3n) is 1.78. The molecule has 0 atom stereocenters. The summed E-state index contributed by atoms with van der Waals surface area (Å²) in [5.74, 6) is 0.254. The van der Waals surface area contributed by atoms with Gasteiger partial charge in [0.15, 0.2) is 0 Å². The fraction of sp³-hybridized carbons (Fsp3) is 0.333. The maximum atomic E-state index is 11.3. The van der Waals surface area contributed by atoms with Crippen molar-refractivity contribution in [2.24, 2.45) is 0 Å². The van der Waals surface area contributed by atoms with Gasteiger partial charge in [0.1, 0.15) is 11.5 Å². The first kappa shape index (κ1) is 12.6. The predicted molar refractivity (Wildman–Crippen MR) is 60.9 cm³/mol. The number of benzene rings is 1. The van der Waals surface area contributed by atoms with Crippen molar-refractivity contribution in [2.75, 3.05) is 18.4 Å². The highest BCUT2D eigenvalue weighted by molar-refractivity contribution is 7.90. The van der Waals surface area contributed by atoms with Gasteiger partial charge in [-0.25, -0.2) is 0 Å². The van der Waals surface area contributed by atoms with Gasteiger partial charge in [0.05, 0.1) is 12.8 Å². The smallest absolute Gasteiger partial charge is 0.299 e. The Morgan fingerprint density at radius 3 is 2.62 bits per heavy atom. The third kappa shape index (κ3) is 3.28. The van der Waals surface area contributed by atoms with E-state index in [9.17, 15) is 13.5 Å². The molecule has 0 bridgehead atoms. The molecule has 0 unspecified atom stereocenters. The van der Waals surface area contributed by atoms with E-state index >= 15 is 0 Å². The molecule has 0 fully saturated rings. The molecular formula is C9H14N2O4S. The molecule has 0 heterocycles. The summed E-state index contributed by atoms with van der Waals surface area (Å²) in [5, 5.41) is 9.52. The Morgan fingerprint density at radius 1 is 1.44 bits per heavy atom. The maximum absolute atomic E-state index is 11.3. The molecule has 16 heavy (non-hydrogen) atoms. The van der Waals surface area contributed by atoms with Gasteiger partial charge >= 0.3 is 0 Å². The van der Waals surface area contributed by atoms with Crippen molar-refractivity contribution in [3.05, 3.63) is 18.2 Å². The molecule has 1 aromatic rings. The number of anilines is 1. The summed E-state index contributed by atoms with van der Waals surface area (Å²) in [6.07, 6.45) is 0. The topological polar surface area (TPSA) is 87.7 Å². The van der Waals surface area contributed by atoms with Gasteiger partial charge in [-0.2, -0.15) is 13.1 Å². The monoisotopic (exact) mass is 246 g/mol. The quantitative estimate of drug-likeness (QED) is 0.666. The first-order valence-corrected chi connectivity index (χ1v) is 6.11. The maximum Gasteiger partial charge on any atom is 0.299 e. The summed E-state index contributed by atoms with van der Waals surface area (Å²) in [7, 11) is -2.17. The number of phenols is 1. The minimum atomic E-state index is -3.63. The predicted octanol–water partition coefficient (Wildman–Crippen LogP) is 0.667. The van der Waals surface area contributed by atoms with E-state index in [1.54, 1.807) is 13.0 Å². The van der Waals surface area contributed by atoms with Crippen LogP contribution in [0.15, 0.2) is 18.2 Å². The van der Waals surface area contributed by atoms with Crippen LogP contribution >= 0.6 is 0 Å². The van der Waals surface area contributed by atoms with Crippen molar-refractivity contribution in [2.45, 2.75) is 6.92 Å². The minimum absolute atomic E-state index is 0.0988. The molecule has 0 aliphatic rings. The first-order chi connectivity index (χ1) is 7.48. The molecular weight excluding hydrogens is 232 g/mol. The van der Waals surface area contributed by atoms with E-state index in [-0.39, 0.29) is 18.0 Å².